The highest BCUT2D eigenvalue weighted by Crippen LogP contribution is 2.13. The van der Waals surface area contributed by atoms with Crippen molar-refractivity contribution in [2.24, 2.45) is 11.7 Å². The van der Waals surface area contributed by atoms with Gasteiger partial charge in [0.05, 0.1) is 13.2 Å². The van der Waals surface area contributed by atoms with Crippen molar-refractivity contribution in [3.63, 3.8) is 0 Å². The van der Waals surface area contributed by atoms with Crippen LogP contribution in [0.1, 0.15) is 12.8 Å². The summed E-state index contributed by atoms with van der Waals surface area (Å²) in [6.07, 6.45) is 2.34. The zero-order chi connectivity index (χ0) is 11.8. The molecular formula is C11H23N3O2. The molecule has 0 saturated carbocycles. The Morgan fingerprint density at radius 1 is 1.62 bits per heavy atom. The summed E-state index contributed by atoms with van der Waals surface area (Å²) in [6.45, 7) is 4.13. The summed E-state index contributed by atoms with van der Waals surface area (Å²) < 4.78 is 5.41. The SMILES string of the molecule is CN(CC(=O)NCCN)CC1CCCOC1. The molecule has 0 aromatic heterocycles. The predicted molar refractivity (Wildman–Crippen MR) is 63.1 cm³/mol. The summed E-state index contributed by atoms with van der Waals surface area (Å²) in [5.41, 5.74) is 5.31. The zero-order valence-corrected chi connectivity index (χ0v) is 10.1. The maximum atomic E-state index is 11.4. The van der Waals surface area contributed by atoms with Crippen molar-refractivity contribution < 1.29 is 9.53 Å². The summed E-state index contributed by atoms with van der Waals surface area (Å²) in [5, 5.41) is 2.76. The fraction of sp³-hybridized carbons (Fsp3) is 0.909. The van der Waals surface area contributed by atoms with Crippen molar-refractivity contribution in [1.82, 2.24) is 10.2 Å². The largest absolute Gasteiger partial charge is 0.381 e. The van der Waals surface area contributed by atoms with Crippen molar-refractivity contribution in [2.45, 2.75) is 12.8 Å². The fourth-order valence-electron chi connectivity index (χ4n) is 1.97. The molecule has 94 valence electrons. The van der Waals surface area contributed by atoms with E-state index in [2.05, 4.69) is 5.32 Å². The van der Waals surface area contributed by atoms with Gasteiger partial charge < -0.3 is 15.8 Å². The average molecular weight is 229 g/mol. The number of carbonyl (C=O) groups is 1. The van der Waals surface area contributed by atoms with Crippen molar-refractivity contribution >= 4 is 5.91 Å². The molecule has 1 unspecified atom stereocenters. The summed E-state index contributed by atoms with van der Waals surface area (Å²) >= 11 is 0. The van der Waals surface area contributed by atoms with Crippen LogP contribution in [0.2, 0.25) is 0 Å². The molecule has 1 saturated heterocycles. The molecule has 5 nitrogen and oxygen atoms in total. The maximum absolute atomic E-state index is 11.4. The van der Waals surface area contributed by atoms with Gasteiger partial charge in [0, 0.05) is 26.2 Å². The standard InChI is InChI=1S/C11H23N3O2/c1-14(8-11(15)13-5-4-12)7-10-3-2-6-16-9-10/h10H,2-9,12H2,1H3,(H,13,15). The molecule has 0 bridgehead atoms. The molecule has 1 atom stereocenters. The molecule has 0 aromatic rings. The van der Waals surface area contributed by atoms with E-state index in [-0.39, 0.29) is 5.91 Å². The van der Waals surface area contributed by atoms with Crippen molar-refractivity contribution in [1.29, 1.82) is 0 Å². The van der Waals surface area contributed by atoms with Crippen LogP contribution in [0.25, 0.3) is 0 Å². The van der Waals surface area contributed by atoms with E-state index >= 15 is 0 Å². The van der Waals surface area contributed by atoms with E-state index in [9.17, 15) is 4.79 Å². The molecule has 0 spiro atoms. The molecular weight excluding hydrogens is 206 g/mol. The van der Waals surface area contributed by atoms with Crippen LogP contribution >= 0.6 is 0 Å². The lowest BCUT2D eigenvalue weighted by Gasteiger charge is -2.26. The molecule has 1 amide bonds. The molecule has 0 radical (unpaired) electrons. The van der Waals surface area contributed by atoms with Gasteiger partial charge in [-0.1, -0.05) is 0 Å². The lowest BCUT2D eigenvalue weighted by molar-refractivity contribution is -0.122. The molecule has 1 aliphatic rings. The molecule has 0 aliphatic carbocycles. The smallest absolute Gasteiger partial charge is 0.234 e. The van der Waals surface area contributed by atoms with Gasteiger partial charge in [0.2, 0.25) is 5.91 Å². The van der Waals surface area contributed by atoms with Crippen molar-refractivity contribution in [3.8, 4) is 0 Å². The van der Waals surface area contributed by atoms with E-state index in [1.807, 2.05) is 11.9 Å². The summed E-state index contributed by atoms with van der Waals surface area (Å²) in [4.78, 5) is 13.5. The molecule has 0 aromatic carbocycles. The first-order chi connectivity index (χ1) is 7.72. The van der Waals surface area contributed by atoms with Gasteiger partial charge in [0.25, 0.3) is 0 Å². The van der Waals surface area contributed by atoms with E-state index in [4.69, 9.17) is 10.5 Å². The Morgan fingerprint density at radius 2 is 2.44 bits per heavy atom. The Morgan fingerprint density at radius 3 is 3.06 bits per heavy atom. The van der Waals surface area contributed by atoms with Gasteiger partial charge in [-0.15, -0.1) is 0 Å². The third-order valence-corrected chi connectivity index (χ3v) is 2.70. The highest BCUT2D eigenvalue weighted by molar-refractivity contribution is 5.77. The first-order valence-corrected chi connectivity index (χ1v) is 5.95. The minimum atomic E-state index is 0.0460. The number of carbonyl (C=O) groups excluding carboxylic acids is 1. The zero-order valence-electron chi connectivity index (χ0n) is 10.1. The molecule has 16 heavy (non-hydrogen) atoms. The lowest BCUT2D eigenvalue weighted by atomic mass is 10.0. The van der Waals surface area contributed by atoms with Crippen LogP contribution in [0.3, 0.4) is 0 Å². The van der Waals surface area contributed by atoms with Crippen LogP contribution in [0.4, 0.5) is 0 Å². The second-order valence-corrected chi connectivity index (χ2v) is 4.42. The minimum absolute atomic E-state index is 0.0460. The summed E-state index contributed by atoms with van der Waals surface area (Å²) in [6, 6.07) is 0. The number of ether oxygens (including phenoxy) is 1. The maximum Gasteiger partial charge on any atom is 0.234 e. The minimum Gasteiger partial charge on any atom is -0.381 e. The number of nitrogens with two attached hydrogens (primary N) is 1. The van der Waals surface area contributed by atoms with Crippen LogP contribution in [0.15, 0.2) is 0 Å². The van der Waals surface area contributed by atoms with E-state index in [0.717, 1.165) is 26.2 Å². The Balaban J connectivity index is 2.13. The van der Waals surface area contributed by atoms with Crippen LogP contribution < -0.4 is 11.1 Å². The van der Waals surface area contributed by atoms with E-state index in [0.29, 0.717) is 25.6 Å². The average Bonchev–Trinajstić information content (AvgIpc) is 2.27. The number of nitrogens with zero attached hydrogens (tertiary/aromatic N) is 1. The van der Waals surface area contributed by atoms with E-state index in [1.165, 1.54) is 6.42 Å². The highest BCUT2D eigenvalue weighted by atomic mass is 16.5. The summed E-state index contributed by atoms with van der Waals surface area (Å²) in [7, 11) is 1.97. The number of hydrogen-bond acceptors (Lipinski definition) is 4. The molecule has 1 rings (SSSR count). The first kappa shape index (κ1) is 13.4. The normalized spacial score (nSPS) is 21.1. The lowest BCUT2D eigenvalue weighted by Crippen LogP contribution is -2.40. The van der Waals surface area contributed by atoms with Crippen LogP contribution in [-0.2, 0) is 9.53 Å². The number of nitrogens with one attached hydrogen (secondary N) is 1. The van der Waals surface area contributed by atoms with Gasteiger partial charge in [-0.3, -0.25) is 9.69 Å². The molecule has 1 aliphatic heterocycles. The monoisotopic (exact) mass is 229 g/mol. The van der Waals surface area contributed by atoms with Crippen LogP contribution in [0, 0.1) is 5.92 Å². The second-order valence-electron chi connectivity index (χ2n) is 4.42. The molecule has 3 N–H and O–H groups in total. The van der Waals surface area contributed by atoms with Crippen LogP contribution in [-0.4, -0.2) is 57.2 Å². The van der Waals surface area contributed by atoms with Gasteiger partial charge in [0.15, 0.2) is 0 Å². The fourth-order valence-corrected chi connectivity index (χ4v) is 1.97. The van der Waals surface area contributed by atoms with E-state index < -0.39 is 0 Å². The Hall–Kier alpha value is -0.650. The third kappa shape index (κ3) is 5.44. The van der Waals surface area contributed by atoms with Gasteiger partial charge in [0.1, 0.15) is 0 Å². The van der Waals surface area contributed by atoms with E-state index in [1.54, 1.807) is 0 Å². The Kier molecular flexibility index (Phi) is 6.37. The number of likely N-dealkylation sites (N-methyl/N-ethyl adjacent to an activating group) is 1. The Labute approximate surface area is 97.3 Å². The predicted octanol–water partition coefficient (Wildman–Crippen LogP) is -0.580. The summed E-state index contributed by atoms with van der Waals surface area (Å²) in [5.74, 6) is 0.616. The van der Waals surface area contributed by atoms with Gasteiger partial charge >= 0.3 is 0 Å². The molecule has 5 heteroatoms. The number of amides is 1. The molecule has 1 fully saturated rings. The van der Waals surface area contributed by atoms with Crippen molar-refractivity contribution in [3.05, 3.63) is 0 Å². The number of hydrogen-bond donors (Lipinski definition) is 2. The topological polar surface area (TPSA) is 67.6 Å². The number of rotatable bonds is 6. The third-order valence-electron chi connectivity index (χ3n) is 2.70. The van der Waals surface area contributed by atoms with Crippen LogP contribution in [0.5, 0.6) is 0 Å². The highest BCUT2D eigenvalue weighted by Gasteiger charge is 2.16. The van der Waals surface area contributed by atoms with Gasteiger partial charge in [-0.2, -0.15) is 0 Å². The van der Waals surface area contributed by atoms with Crippen molar-refractivity contribution in [2.75, 3.05) is 46.4 Å². The second kappa shape index (κ2) is 7.60. The quantitative estimate of drug-likeness (QED) is 0.639. The Bertz CT molecular complexity index is 205. The first-order valence-electron chi connectivity index (χ1n) is 5.95. The van der Waals surface area contributed by atoms with Gasteiger partial charge in [-0.25, -0.2) is 0 Å². The molecule has 1 heterocycles. The van der Waals surface area contributed by atoms with Gasteiger partial charge in [-0.05, 0) is 25.8 Å².